The number of carbonyl (C=O) groups is 2. The van der Waals surface area contributed by atoms with E-state index in [0.717, 1.165) is 9.87 Å². The normalized spacial score (nSPS) is 17.9. The van der Waals surface area contributed by atoms with Crippen LogP contribution >= 0.6 is 0 Å². The molecule has 9 heteroatoms. The standard InChI is InChI=1S/C19H20N4O4S/c1-22(2)28(26,27)11-4-5-16-13(8-11)14(18(24)21-16)9-17-12-6-7-23(3)19(25)15(12)10-20-17/h4-5,8-10,20H,6-7H2,1-3H3,(H,21,24). The summed E-state index contributed by atoms with van der Waals surface area (Å²) in [7, 11) is 1.05. The Labute approximate surface area is 162 Å². The van der Waals surface area contributed by atoms with Crippen LogP contribution in [0.2, 0.25) is 0 Å². The highest BCUT2D eigenvalue weighted by molar-refractivity contribution is 7.89. The molecule has 2 aromatic rings. The molecule has 0 aliphatic carbocycles. The number of aromatic amines is 1. The van der Waals surface area contributed by atoms with Gasteiger partial charge in [0.15, 0.2) is 0 Å². The minimum atomic E-state index is -3.62. The molecule has 2 aliphatic heterocycles. The van der Waals surface area contributed by atoms with E-state index in [4.69, 9.17) is 0 Å². The van der Waals surface area contributed by atoms with Crippen molar-refractivity contribution in [3.05, 3.63) is 46.8 Å². The lowest BCUT2D eigenvalue weighted by Crippen LogP contribution is -2.33. The van der Waals surface area contributed by atoms with Crippen LogP contribution in [0.15, 0.2) is 29.3 Å². The topological polar surface area (TPSA) is 103 Å². The van der Waals surface area contributed by atoms with Crippen molar-refractivity contribution < 1.29 is 18.0 Å². The molecule has 0 bridgehead atoms. The van der Waals surface area contributed by atoms with Gasteiger partial charge in [-0.15, -0.1) is 0 Å². The maximum atomic E-state index is 12.5. The third kappa shape index (κ3) is 2.74. The van der Waals surface area contributed by atoms with Crippen LogP contribution in [0.5, 0.6) is 0 Å². The maximum Gasteiger partial charge on any atom is 0.256 e. The van der Waals surface area contributed by atoms with E-state index in [0.29, 0.717) is 41.0 Å². The first-order valence-corrected chi connectivity index (χ1v) is 10.2. The van der Waals surface area contributed by atoms with Gasteiger partial charge in [-0.25, -0.2) is 12.7 Å². The smallest absolute Gasteiger partial charge is 0.256 e. The van der Waals surface area contributed by atoms with Crippen molar-refractivity contribution in [3.63, 3.8) is 0 Å². The van der Waals surface area contributed by atoms with Gasteiger partial charge in [-0.2, -0.15) is 0 Å². The second-order valence-electron chi connectivity index (χ2n) is 7.08. The molecule has 2 amide bonds. The molecule has 8 nitrogen and oxygen atoms in total. The van der Waals surface area contributed by atoms with Crippen molar-refractivity contribution in [3.8, 4) is 0 Å². The average Bonchev–Trinajstić information content (AvgIpc) is 3.19. The van der Waals surface area contributed by atoms with E-state index >= 15 is 0 Å². The Bertz CT molecular complexity index is 1140. The monoisotopic (exact) mass is 400 g/mol. The summed E-state index contributed by atoms with van der Waals surface area (Å²) in [6.07, 6.45) is 4.02. The van der Waals surface area contributed by atoms with E-state index in [1.807, 2.05) is 0 Å². The molecule has 2 aliphatic rings. The molecule has 0 fully saturated rings. The van der Waals surface area contributed by atoms with E-state index < -0.39 is 10.0 Å². The SMILES string of the molecule is CN1CCc2c(c[nH]c2C=C2C(=O)Nc3ccc(S(=O)(=O)N(C)C)cc32)C1=O. The number of H-pyrrole nitrogens is 1. The fourth-order valence-corrected chi connectivity index (χ4v) is 4.40. The van der Waals surface area contributed by atoms with Crippen molar-refractivity contribution in [2.75, 3.05) is 33.0 Å². The number of likely N-dealkylation sites (N-methyl/N-ethyl adjacent to an activating group) is 1. The number of hydrogen-bond donors (Lipinski definition) is 2. The number of fused-ring (bicyclic) bond motifs is 2. The van der Waals surface area contributed by atoms with Crippen LogP contribution in [0.25, 0.3) is 11.6 Å². The van der Waals surface area contributed by atoms with Crippen LogP contribution in [-0.4, -0.2) is 62.1 Å². The number of carbonyl (C=O) groups excluding carboxylic acids is 2. The van der Waals surface area contributed by atoms with Gasteiger partial charge in [0.2, 0.25) is 10.0 Å². The van der Waals surface area contributed by atoms with Gasteiger partial charge in [-0.3, -0.25) is 9.59 Å². The summed E-state index contributed by atoms with van der Waals surface area (Å²) in [5.41, 5.74) is 3.61. The van der Waals surface area contributed by atoms with Gasteiger partial charge >= 0.3 is 0 Å². The van der Waals surface area contributed by atoms with Gasteiger partial charge in [-0.1, -0.05) is 0 Å². The summed E-state index contributed by atoms with van der Waals surface area (Å²) in [6, 6.07) is 4.57. The highest BCUT2D eigenvalue weighted by Gasteiger charge is 2.29. The zero-order chi connectivity index (χ0) is 20.2. The van der Waals surface area contributed by atoms with Crippen LogP contribution in [0.4, 0.5) is 5.69 Å². The number of rotatable bonds is 3. The molecular weight excluding hydrogens is 380 g/mol. The number of hydrogen-bond acceptors (Lipinski definition) is 4. The zero-order valence-electron chi connectivity index (χ0n) is 15.7. The highest BCUT2D eigenvalue weighted by atomic mass is 32.2. The minimum absolute atomic E-state index is 0.0576. The highest BCUT2D eigenvalue weighted by Crippen LogP contribution is 2.36. The number of benzene rings is 1. The molecule has 1 aromatic carbocycles. The van der Waals surface area contributed by atoms with E-state index in [2.05, 4.69) is 10.3 Å². The second kappa shape index (κ2) is 6.32. The van der Waals surface area contributed by atoms with Crippen LogP contribution in [0.3, 0.4) is 0 Å². The quantitative estimate of drug-likeness (QED) is 0.760. The average molecular weight is 400 g/mol. The van der Waals surface area contributed by atoms with Gasteiger partial charge in [-0.05, 0) is 36.3 Å². The molecule has 2 N–H and O–H groups in total. The summed E-state index contributed by atoms with van der Waals surface area (Å²) in [5, 5.41) is 2.76. The summed E-state index contributed by atoms with van der Waals surface area (Å²) in [4.78, 5) is 29.6. The lowest BCUT2D eigenvalue weighted by molar-refractivity contribution is -0.110. The first-order chi connectivity index (χ1) is 13.2. The largest absolute Gasteiger partial charge is 0.361 e. The van der Waals surface area contributed by atoms with Crippen LogP contribution in [0, 0.1) is 0 Å². The fraction of sp³-hybridized carbons (Fsp3) is 0.263. The lowest BCUT2D eigenvalue weighted by atomic mass is 9.99. The van der Waals surface area contributed by atoms with Crippen LogP contribution in [-0.2, 0) is 21.2 Å². The van der Waals surface area contributed by atoms with Crippen molar-refractivity contribution in [1.82, 2.24) is 14.2 Å². The number of nitrogens with one attached hydrogen (secondary N) is 2. The Morgan fingerprint density at radius 3 is 2.64 bits per heavy atom. The molecule has 0 saturated carbocycles. The Kier molecular flexibility index (Phi) is 4.16. The van der Waals surface area contributed by atoms with Gasteiger partial charge in [0.1, 0.15) is 0 Å². The minimum Gasteiger partial charge on any atom is -0.361 e. The van der Waals surface area contributed by atoms with Crippen LogP contribution < -0.4 is 5.32 Å². The first-order valence-electron chi connectivity index (χ1n) is 8.76. The maximum absolute atomic E-state index is 12.5. The summed E-state index contributed by atoms with van der Waals surface area (Å²) in [6.45, 7) is 0.605. The number of amides is 2. The summed E-state index contributed by atoms with van der Waals surface area (Å²) < 4.78 is 26.0. The van der Waals surface area contributed by atoms with Gasteiger partial charge in [0.05, 0.1) is 16.0 Å². The molecule has 0 atom stereocenters. The lowest BCUT2D eigenvalue weighted by Gasteiger charge is -2.22. The van der Waals surface area contributed by atoms with Gasteiger partial charge < -0.3 is 15.2 Å². The molecule has 0 unspecified atom stereocenters. The molecule has 0 radical (unpaired) electrons. The number of nitrogens with zero attached hydrogens (tertiary/aromatic N) is 2. The van der Waals surface area contributed by atoms with E-state index in [1.165, 1.54) is 26.2 Å². The van der Waals surface area contributed by atoms with Gasteiger partial charge in [0, 0.05) is 50.8 Å². The Hall–Kier alpha value is -2.91. The molecule has 146 valence electrons. The fourth-order valence-electron chi connectivity index (χ4n) is 3.47. The van der Waals surface area contributed by atoms with Crippen LogP contribution in [0.1, 0.15) is 27.2 Å². The molecule has 0 spiro atoms. The van der Waals surface area contributed by atoms with Gasteiger partial charge in [0.25, 0.3) is 11.8 Å². The van der Waals surface area contributed by atoms with Crippen molar-refractivity contribution in [2.45, 2.75) is 11.3 Å². The Morgan fingerprint density at radius 2 is 1.93 bits per heavy atom. The third-order valence-corrected chi connectivity index (χ3v) is 6.95. The zero-order valence-corrected chi connectivity index (χ0v) is 16.6. The number of sulfonamides is 1. The van der Waals surface area contributed by atoms with Crippen molar-refractivity contribution in [2.24, 2.45) is 0 Å². The van der Waals surface area contributed by atoms with E-state index in [1.54, 1.807) is 30.3 Å². The Morgan fingerprint density at radius 1 is 1.18 bits per heavy atom. The summed E-state index contributed by atoms with van der Waals surface area (Å²) in [5.74, 6) is -0.366. The molecule has 28 heavy (non-hydrogen) atoms. The molecule has 1 aromatic heterocycles. The van der Waals surface area contributed by atoms with E-state index in [-0.39, 0.29) is 16.7 Å². The van der Waals surface area contributed by atoms with Crippen molar-refractivity contribution in [1.29, 1.82) is 0 Å². The molecule has 3 heterocycles. The second-order valence-corrected chi connectivity index (χ2v) is 9.23. The number of aromatic nitrogens is 1. The molecule has 0 saturated heterocycles. The third-order valence-electron chi connectivity index (χ3n) is 5.14. The first kappa shape index (κ1) is 18.5. The van der Waals surface area contributed by atoms with Crippen molar-refractivity contribution >= 4 is 39.2 Å². The predicted molar refractivity (Wildman–Crippen MR) is 105 cm³/mol. The predicted octanol–water partition coefficient (Wildman–Crippen LogP) is 1.39. The van der Waals surface area contributed by atoms with E-state index in [9.17, 15) is 18.0 Å². The summed E-state index contributed by atoms with van der Waals surface area (Å²) >= 11 is 0. The Balaban J connectivity index is 1.81. The molecule has 4 rings (SSSR count). The molecular formula is C19H20N4O4S. The number of anilines is 1.